The van der Waals surface area contributed by atoms with Crippen LogP contribution < -0.4 is 20.1 Å². The van der Waals surface area contributed by atoms with Crippen molar-refractivity contribution in [1.29, 1.82) is 0 Å². The smallest absolute Gasteiger partial charge is 0.245 e. The maximum absolute atomic E-state index is 14.1. The molecule has 1 saturated heterocycles. The fourth-order valence-corrected chi connectivity index (χ4v) is 6.16. The predicted molar refractivity (Wildman–Crippen MR) is 177 cm³/mol. The fraction of sp³-hybridized carbons (Fsp3) is 0.515. The van der Waals surface area contributed by atoms with Gasteiger partial charge in [0, 0.05) is 54.3 Å². The lowest BCUT2D eigenvalue weighted by atomic mass is 10.0. The molecule has 2 aliphatic rings. The molecule has 1 atom stereocenters. The van der Waals surface area contributed by atoms with Crippen LogP contribution in [-0.2, 0) is 20.7 Å². The van der Waals surface area contributed by atoms with Gasteiger partial charge in [0.15, 0.2) is 11.5 Å². The summed E-state index contributed by atoms with van der Waals surface area (Å²) in [5, 5.41) is 7.26. The number of benzene rings is 2. The first kappa shape index (κ1) is 32.9. The van der Waals surface area contributed by atoms with Crippen molar-refractivity contribution in [3.05, 3.63) is 46.7 Å². The molecule has 0 spiro atoms. The summed E-state index contributed by atoms with van der Waals surface area (Å²) in [7, 11) is 1.60. The maximum Gasteiger partial charge on any atom is 0.245 e. The number of fused-ring (bicyclic) bond motifs is 2. The van der Waals surface area contributed by atoms with Gasteiger partial charge in [0.25, 0.3) is 0 Å². The molecule has 2 aromatic carbocycles. The highest BCUT2D eigenvalue weighted by atomic mass is 79.9. The number of hydrogen-bond acceptors (Lipinski definition) is 9. The van der Waals surface area contributed by atoms with Crippen LogP contribution in [0.4, 0.5) is 11.5 Å². The highest BCUT2D eigenvalue weighted by molar-refractivity contribution is 9.10. The summed E-state index contributed by atoms with van der Waals surface area (Å²) < 4.78 is 18.2. The molecule has 2 N–H and O–H groups in total. The van der Waals surface area contributed by atoms with Gasteiger partial charge in [-0.25, -0.2) is 9.97 Å². The Labute approximate surface area is 273 Å². The number of carbonyl (C=O) groups excluding carboxylic acids is 2. The molecule has 45 heavy (non-hydrogen) atoms. The number of aromatic nitrogens is 2. The van der Waals surface area contributed by atoms with Crippen LogP contribution in [0.15, 0.2) is 41.1 Å². The van der Waals surface area contributed by atoms with Crippen LogP contribution in [0.3, 0.4) is 0 Å². The molecule has 5 rings (SSSR count). The van der Waals surface area contributed by atoms with Gasteiger partial charge in [0.1, 0.15) is 18.2 Å². The van der Waals surface area contributed by atoms with Gasteiger partial charge in [0.05, 0.1) is 38.9 Å². The van der Waals surface area contributed by atoms with Gasteiger partial charge >= 0.3 is 0 Å². The topological polar surface area (TPSA) is 118 Å². The quantitative estimate of drug-likeness (QED) is 0.370. The lowest BCUT2D eigenvalue weighted by Gasteiger charge is -2.31. The van der Waals surface area contributed by atoms with E-state index in [1.165, 1.54) is 6.33 Å². The Morgan fingerprint density at radius 1 is 1.07 bits per heavy atom. The van der Waals surface area contributed by atoms with E-state index in [0.29, 0.717) is 55.4 Å². The minimum atomic E-state index is -0.624. The zero-order chi connectivity index (χ0) is 31.8. The Bertz CT molecular complexity index is 1480. The van der Waals surface area contributed by atoms with Crippen molar-refractivity contribution in [1.82, 2.24) is 25.1 Å². The van der Waals surface area contributed by atoms with Gasteiger partial charge in [-0.1, -0.05) is 35.8 Å². The number of anilines is 2. The summed E-state index contributed by atoms with van der Waals surface area (Å²) >= 11 is 3.56. The van der Waals surface area contributed by atoms with E-state index >= 15 is 0 Å². The zero-order valence-electron chi connectivity index (χ0n) is 26.3. The normalized spacial score (nSPS) is 18.7. The number of methoxy groups -OCH3 is 1. The summed E-state index contributed by atoms with van der Waals surface area (Å²) in [4.78, 5) is 40.9. The number of rotatable bonds is 7. The third-order valence-electron chi connectivity index (χ3n) is 8.08. The van der Waals surface area contributed by atoms with Gasteiger partial charge in [-0.05, 0) is 48.9 Å². The number of halogens is 1. The largest absolute Gasteiger partial charge is 0.493 e. The first-order valence-electron chi connectivity index (χ1n) is 15.7. The van der Waals surface area contributed by atoms with Crippen LogP contribution in [0.25, 0.3) is 10.9 Å². The van der Waals surface area contributed by atoms with Crippen LogP contribution in [0.1, 0.15) is 38.7 Å². The van der Waals surface area contributed by atoms with Crippen molar-refractivity contribution in [2.75, 3.05) is 65.0 Å². The Morgan fingerprint density at radius 2 is 1.89 bits per heavy atom. The molecule has 242 valence electrons. The van der Waals surface area contributed by atoms with Crippen molar-refractivity contribution in [2.45, 2.75) is 45.6 Å². The number of nitrogens with zero attached hydrogens (tertiary/aromatic N) is 4. The molecule has 12 heteroatoms. The van der Waals surface area contributed by atoms with Crippen molar-refractivity contribution in [2.24, 2.45) is 5.92 Å². The SMILES string of the molecule is COc1cc2ncnc3c2cc1OCCCN(CCCN1CCOCC1)C(=O)[C@@H](CC(C)C)NC(=O)Cc1ccc(Br)cc1N3. The van der Waals surface area contributed by atoms with Crippen molar-refractivity contribution in [3.63, 3.8) is 0 Å². The summed E-state index contributed by atoms with van der Waals surface area (Å²) in [5.74, 6) is 1.67. The van der Waals surface area contributed by atoms with E-state index in [9.17, 15) is 9.59 Å². The van der Waals surface area contributed by atoms with Crippen LogP contribution in [0, 0.1) is 5.92 Å². The third kappa shape index (κ3) is 8.83. The molecule has 3 aromatic rings. The van der Waals surface area contributed by atoms with Gasteiger partial charge < -0.3 is 29.7 Å². The fourth-order valence-electron chi connectivity index (χ4n) is 5.79. The second-order valence-electron chi connectivity index (χ2n) is 11.9. The molecular weight excluding hydrogens is 640 g/mol. The van der Waals surface area contributed by atoms with Gasteiger partial charge in [-0.15, -0.1) is 0 Å². The number of morpholine rings is 1. The molecule has 0 aliphatic carbocycles. The van der Waals surface area contributed by atoms with Gasteiger partial charge in [-0.2, -0.15) is 0 Å². The van der Waals surface area contributed by atoms with E-state index in [2.05, 4.69) is 55.3 Å². The average molecular weight is 684 g/mol. The standard InChI is InChI=1S/C33H43BrN6O5/c1-22(2)16-28-33(42)40(9-4-8-39-11-14-44-15-12-39)10-5-13-45-30-19-25-27(20-29(30)43-3)35-21-36-32(25)38-26-18-24(34)7-6-23(26)17-31(41)37-28/h6-7,18-22,28H,4-5,8-17H2,1-3H3,(H,37,41)(H,35,36,38)/t28-/m1/s1. The maximum atomic E-state index is 14.1. The molecular formula is C33H43BrN6O5. The van der Waals surface area contributed by atoms with Crippen molar-refractivity contribution >= 4 is 50.2 Å². The Hall–Kier alpha value is -3.48. The van der Waals surface area contributed by atoms with Crippen molar-refractivity contribution < 1.29 is 23.8 Å². The number of carbonyl (C=O) groups is 2. The lowest BCUT2D eigenvalue weighted by Crippen LogP contribution is -2.50. The first-order valence-corrected chi connectivity index (χ1v) is 16.5. The van der Waals surface area contributed by atoms with E-state index in [4.69, 9.17) is 14.2 Å². The minimum absolute atomic E-state index is 0.0563. The Balaban J connectivity index is 1.46. The van der Waals surface area contributed by atoms with Crippen LogP contribution in [0.2, 0.25) is 0 Å². The molecule has 0 saturated carbocycles. The molecule has 2 amide bonds. The summed E-state index contributed by atoms with van der Waals surface area (Å²) in [5.41, 5.74) is 2.19. The average Bonchev–Trinajstić information content (AvgIpc) is 3.02. The third-order valence-corrected chi connectivity index (χ3v) is 8.58. The highest BCUT2D eigenvalue weighted by Crippen LogP contribution is 2.36. The molecule has 2 aliphatic heterocycles. The second-order valence-corrected chi connectivity index (χ2v) is 12.8. The zero-order valence-corrected chi connectivity index (χ0v) is 27.9. The van der Waals surface area contributed by atoms with E-state index in [1.54, 1.807) is 7.11 Å². The van der Waals surface area contributed by atoms with Crippen LogP contribution in [0.5, 0.6) is 11.5 Å². The van der Waals surface area contributed by atoms with Gasteiger partial charge in [-0.3, -0.25) is 14.5 Å². The summed E-state index contributed by atoms with van der Waals surface area (Å²) in [6, 6.07) is 8.80. The van der Waals surface area contributed by atoms with E-state index in [-0.39, 0.29) is 24.2 Å². The van der Waals surface area contributed by atoms with E-state index in [0.717, 1.165) is 60.4 Å². The lowest BCUT2D eigenvalue weighted by molar-refractivity contribution is -0.137. The van der Waals surface area contributed by atoms with Crippen LogP contribution in [-0.4, -0.2) is 97.3 Å². The number of hydrogen-bond donors (Lipinski definition) is 2. The molecule has 1 fully saturated rings. The number of amides is 2. The summed E-state index contributed by atoms with van der Waals surface area (Å²) in [6.07, 6.45) is 3.59. The van der Waals surface area contributed by atoms with Crippen molar-refractivity contribution in [3.8, 4) is 11.5 Å². The molecule has 11 nitrogen and oxygen atoms in total. The Morgan fingerprint density at radius 3 is 2.67 bits per heavy atom. The molecule has 2 bridgehead atoms. The van der Waals surface area contributed by atoms with E-state index in [1.807, 2.05) is 35.2 Å². The highest BCUT2D eigenvalue weighted by Gasteiger charge is 2.27. The number of ether oxygens (including phenoxy) is 3. The molecule has 0 unspecified atom stereocenters. The van der Waals surface area contributed by atoms with Crippen LogP contribution >= 0.6 is 15.9 Å². The van der Waals surface area contributed by atoms with E-state index < -0.39 is 6.04 Å². The monoisotopic (exact) mass is 682 g/mol. The summed E-state index contributed by atoms with van der Waals surface area (Å²) in [6.45, 7) is 9.80. The Kier molecular flexibility index (Phi) is 11.5. The first-order chi connectivity index (χ1) is 21.8. The van der Waals surface area contributed by atoms with Gasteiger partial charge in [0.2, 0.25) is 11.8 Å². The molecule has 1 aromatic heterocycles. The number of nitrogens with one attached hydrogen (secondary N) is 2. The predicted octanol–water partition coefficient (Wildman–Crippen LogP) is 4.55. The second kappa shape index (κ2) is 15.7. The molecule has 0 radical (unpaired) electrons. The minimum Gasteiger partial charge on any atom is -0.493 e. The molecule has 3 heterocycles.